The van der Waals surface area contributed by atoms with Crippen molar-refractivity contribution < 1.29 is 13.2 Å². The lowest BCUT2D eigenvalue weighted by molar-refractivity contribution is -0.137. The molecule has 0 amide bonds. The van der Waals surface area contributed by atoms with Gasteiger partial charge >= 0.3 is 6.18 Å². The minimum absolute atomic E-state index is 0.503. The molecule has 0 aliphatic heterocycles. The van der Waals surface area contributed by atoms with Gasteiger partial charge in [-0.3, -0.25) is 4.90 Å². The van der Waals surface area contributed by atoms with E-state index in [9.17, 15) is 13.2 Å². The fraction of sp³-hybridized carbons (Fsp3) is 0.269. The van der Waals surface area contributed by atoms with Crippen molar-refractivity contribution in [3.63, 3.8) is 0 Å². The second kappa shape index (κ2) is 10.6. The van der Waals surface area contributed by atoms with Gasteiger partial charge in [-0.2, -0.15) is 13.2 Å². The molecule has 0 unspecified atom stereocenters. The number of hydrogen-bond donors (Lipinski definition) is 0. The SMILES string of the molecule is CCN(Cc1ccccc1)[C@@H](c1cccc(C(F)(F)F)c1)c1nnnn1CCc1ccccc1. The molecule has 5 nitrogen and oxygen atoms in total. The van der Waals surface area contributed by atoms with E-state index in [1.165, 1.54) is 12.1 Å². The lowest BCUT2D eigenvalue weighted by Gasteiger charge is -2.30. The number of tetrazole rings is 1. The Labute approximate surface area is 196 Å². The molecule has 1 heterocycles. The third-order valence-corrected chi connectivity index (χ3v) is 5.79. The van der Waals surface area contributed by atoms with E-state index in [1.54, 1.807) is 10.7 Å². The Morgan fingerprint density at radius 2 is 1.56 bits per heavy atom. The third kappa shape index (κ3) is 5.69. The van der Waals surface area contributed by atoms with Crippen LogP contribution in [0.5, 0.6) is 0 Å². The topological polar surface area (TPSA) is 46.8 Å². The molecule has 0 N–H and O–H groups in total. The average molecular weight is 466 g/mol. The number of hydrogen-bond acceptors (Lipinski definition) is 4. The van der Waals surface area contributed by atoms with Gasteiger partial charge in [0, 0.05) is 13.1 Å². The van der Waals surface area contributed by atoms with Gasteiger partial charge < -0.3 is 0 Å². The van der Waals surface area contributed by atoms with Crippen LogP contribution in [0.4, 0.5) is 13.2 Å². The molecule has 4 aromatic rings. The van der Waals surface area contributed by atoms with Crippen LogP contribution in [0.1, 0.15) is 41.0 Å². The lowest BCUT2D eigenvalue weighted by atomic mass is 10.0. The van der Waals surface area contributed by atoms with Gasteiger partial charge in [-0.05, 0) is 52.2 Å². The highest BCUT2D eigenvalue weighted by molar-refractivity contribution is 5.32. The maximum Gasteiger partial charge on any atom is 0.416 e. The largest absolute Gasteiger partial charge is 0.416 e. The predicted octanol–water partition coefficient (Wildman–Crippen LogP) is 5.55. The molecular formula is C26H26F3N5. The van der Waals surface area contributed by atoms with Crippen LogP contribution in [0.15, 0.2) is 84.9 Å². The number of aromatic nitrogens is 4. The molecule has 3 aromatic carbocycles. The molecule has 34 heavy (non-hydrogen) atoms. The fourth-order valence-electron chi connectivity index (χ4n) is 4.06. The van der Waals surface area contributed by atoms with Crippen molar-refractivity contribution in [3.8, 4) is 0 Å². The molecule has 0 spiro atoms. The summed E-state index contributed by atoms with van der Waals surface area (Å²) in [7, 11) is 0. The summed E-state index contributed by atoms with van der Waals surface area (Å²) in [5, 5.41) is 12.4. The zero-order chi connectivity index (χ0) is 24.0. The molecule has 4 rings (SSSR count). The minimum atomic E-state index is -4.43. The van der Waals surface area contributed by atoms with Crippen LogP contribution in [-0.4, -0.2) is 31.7 Å². The van der Waals surface area contributed by atoms with Crippen LogP contribution in [0, 0.1) is 0 Å². The highest BCUT2D eigenvalue weighted by atomic mass is 19.4. The molecule has 0 bridgehead atoms. The Hall–Kier alpha value is -3.52. The van der Waals surface area contributed by atoms with Gasteiger partial charge in [0.1, 0.15) is 0 Å². The first-order chi connectivity index (χ1) is 16.5. The van der Waals surface area contributed by atoms with E-state index >= 15 is 0 Å². The predicted molar refractivity (Wildman–Crippen MR) is 124 cm³/mol. The van der Waals surface area contributed by atoms with Gasteiger partial charge in [0.15, 0.2) is 5.82 Å². The molecule has 0 saturated carbocycles. The van der Waals surface area contributed by atoms with Gasteiger partial charge in [0.2, 0.25) is 0 Å². The Morgan fingerprint density at radius 3 is 2.21 bits per heavy atom. The van der Waals surface area contributed by atoms with Crippen molar-refractivity contribution in [3.05, 3.63) is 113 Å². The summed E-state index contributed by atoms with van der Waals surface area (Å²) in [4.78, 5) is 2.09. The summed E-state index contributed by atoms with van der Waals surface area (Å²) < 4.78 is 42.3. The summed E-state index contributed by atoms with van der Waals surface area (Å²) >= 11 is 0. The Morgan fingerprint density at radius 1 is 0.882 bits per heavy atom. The van der Waals surface area contributed by atoms with Crippen molar-refractivity contribution in [2.24, 2.45) is 0 Å². The number of nitrogens with zero attached hydrogens (tertiary/aromatic N) is 5. The number of alkyl halides is 3. The standard InChI is InChI=1S/C26H26F3N5/c1-2-33(19-21-12-7-4-8-13-21)24(22-14-9-15-23(18-22)26(27,28)29)25-30-31-32-34(25)17-16-20-10-5-3-6-11-20/h3-15,18,24H,2,16-17,19H2,1H3/t24-/m0/s1. The molecule has 1 atom stereocenters. The van der Waals surface area contributed by atoms with E-state index in [4.69, 9.17) is 0 Å². The second-order valence-electron chi connectivity index (χ2n) is 8.07. The number of aryl methyl sites for hydroxylation is 2. The normalized spacial score (nSPS) is 12.7. The van der Waals surface area contributed by atoms with Crippen molar-refractivity contribution in [1.29, 1.82) is 0 Å². The molecular weight excluding hydrogens is 439 g/mol. The van der Waals surface area contributed by atoms with E-state index in [0.29, 0.717) is 37.4 Å². The van der Waals surface area contributed by atoms with Crippen LogP contribution < -0.4 is 0 Å². The fourth-order valence-corrected chi connectivity index (χ4v) is 4.06. The first-order valence-corrected chi connectivity index (χ1v) is 11.2. The van der Waals surface area contributed by atoms with E-state index in [1.807, 2.05) is 67.6 Å². The van der Waals surface area contributed by atoms with Gasteiger partial charge in [-0.1, -0.05) is 79.7 Å². The van der Waals surface area contributed by atoms with Gasteiger partial charge in [0.25, 0.3) is 0 Å². The number of benzene rings is 3. The van der Waals surface area contributed by atoms with Crippen molar-refractivity contribution in [1.82, 2.24) is 25.1 Å². The van der Waals surface area contributed by atoms with E-state index in [0.717, 1.165) is 17.2 Å². The first kappa shape index (κ1) is 23.6. The number of rotatable bonds is 9. The van der Waals surface area contributed by atoms with Gasteiger partial charge in [-0.15, -0.1) is 5.10 Å². The Balaban J connectivity index is 1.72. The summed E-state index contributed by atoms with van der Waals surface area (Å²) in [5.74, 6) is 0.521. The second-order valence-corrected chi connectivity index (χ2v) is 8.07. The van der Waals surface area contributed by atoms with Crippen molar-refractivity contribution in [2.75, 3.05) is 6.54 Å². The molecule has 0 saturated heterocycles. The first-order valence-electron chi connectivity index (χ1n) is 11.2. The van der Waals surface area contributed by atoms with Gasteiger partial charge in [0.05, 0.1) is 11.6 Å². The van der Waals surface area contributed by atoms with E-state index < -0.39 is 17.8 Å². The van der Waals surface area contributed by atoms with E-state index in [-0.39, 0.29) is 0 Å². The van der Waals surface area contributed by atoms with Crippen LogP contribution in [0.25, 0.3) is 0 Å². The summed E-state index contributed by atoms with van der Waals surface area (Å²) in [6, 6.07) is 24.7. The molecule has 176 valence electrons. The third-order valence-electron chi connectivity index (χ3n) is 5.79. The molecule has 0 radical (unpaired) electrons. The highest BCUT2D eigenvalue weighted by Crippen LogP contribution is 2.34. The van der Waals surface area contributed by atoms with Crippen LogP contribution in [0.3, 0.4) is 0 Å². The summed E-state index contributed by atoms with van der Waals surface area (Å²) in [6.45, 7) is 3.65. The quantitative estimate of drug-likeness (QED) is 0.325. The summed E-state index contributed by atoms with van der Waals surface area (Å²) in [5.41, 5.74) is 2.01. The Kier molecular flexibility index (Phi) is 7.37. The van der Waals surface area contributed by atoms with Crippen LogP contribution in [-0.2, 0) is 25.7 Å². The molecule has 0 fully saturated rings. The molecule has 0 aliphatic rings. The number of halogens is 3. The molecule has 1 aromatic heterocycles. The average Bonchev–Trinajstić information content (AvgIpc) is 3.31. The zero-order valence-corrected chi connectivity index (χ0v) is 18.9. The summed E-state index contributed by atoms with van der Waals surface area (Å²) in [6.07, 6.45) is -3.73. The van der Waals surface area contributed by atoms with Crippen molar-refractivity contribution in [2.45, 2.75) is 38.7 Å². The maximum atomic E-state index is 13.5. The van der Waals surface area contributed by atoms with Gasteiger partial charge in [-0.25, -0.2) is 4.68 Å². The van der Waals surface area contributed by atoms with Crippen molar-refractivity contribution >= 4 is 0 Å². The maximum absolute atomic E-state index is 13.5. The monoisotopic (exact) mass is 465 g/mol. The van der Waals surface area contributed by atoms with Crippen LogP contribution in [0.2, 0.25) is 0 Å². The zero-order valence-electron chi connectivity index (χ0n) is 18.9. The van der Waals surface area contributed by atoms with Crippen LogP contribution >= 0.6 is 0 Å². The molecule has 8 heteroatoms. The molecule has 0 aliphatic carbocycles. The minimum Gasteiger partial charge on any atom is -0.286 e. The lowest BCUT2D eigenvalue weighted by Crippen LogP contribution is -2.32. The van der Waals surface area contributed by atoms with E-state index in [2.05, 4.69) is 20.4 Å². The smallest absolute Gasteiger partial charge is 0.286 e. The Bertz CT molecular complexity index is 1180. The highest BCUT2D eigenvalue weighted by Gasteiger charge is 2.33.